The Bertz CT molecular complexity index is 849. The van der Waals surface area contributed by atoms with Crippen molar-refractivity contribution < 1.29 is 4.39 Å². The molecule has 0 radical (unpaired) electrons. The molecule has 142 valence electrons. The first-order valence-electron chi connectivity index (χ1n) is 8.44. The van der Waals surface area contributed by atoms with E-state index < -0.39 is 0 Å². The topological polar surface area (TPSA) is 67.1 Å². The average molecular weight is 480 g/mol. The Kier molecular flexibility index (Phi) is 8.18. The maximum atomic E-state index is 13.0. The van der Waals surface area contributed by atoms with Gasteiger partial charge in [0, 0.05) is 31.7 Å². The van der Waals surface area contributed by atoms with Crippen LogP contribution in [0.5, 0.6) is 0 Å². The zero-order valence-electron chi connectivity index (χ0n) is 15.0. The molecular weight excluding hydrogens is 458 g/mol. The van der Waals surface area contributed by atoms with Crippen LogP contribution in [-0.2, 0) is 13.1 Å². The molecule has 0 aliphatic heterocycles. The molecule has 3 aromatic rings. The average Bonchev–Trinajstić information content (AvgIpc) is 3.20. The van der Waals surface area contributed by atoms with Crippen LogP contribution in [0, 0.1) is 5.82 Å². The molecule has 2 heterocycles. The molecule has 6 nitrogen and oxygen atoms in total. The fourth-order valence-electron chi connectivity index (χ4n) is 2.39. The largest absolute Gasteiger partial charge is 0.357 e. The predicted molar refractivity (Wildman–Crippen MR) is 115 cm³/mol. The van der Waals surface area contributed by atoms with Crippen LogP contribution in [0.4, 0.5) is 4.39 Å². The van der Waals surface area contributed by atoms with Crippen LogP contribution in [0.15, 0.2) is 66.3 Å². The third kappa shape index (κ3) is 6.31. The number of nitrogens with zero attached hydrogens (tertiary/aromatic N) is 4. The number of halogens is 2. The normalized spacial score (nSPS) is 11.0. The number of nitrogens with one attached hydrogen (secondary N) is 2. The lowest BCUT2D eigenvalue weighted by molar-refractivity contribution is 0.626. The lowest BCUT2D eigenvalue weighted by Crippen LogP contribution is -2.36. The molecule has 3 rings (SSSR count). The number of hydrogen-bond acceptors (Lipinski definition) is 3. The minimum Gasteiger partial charge on any atom is -0.357 e. The standard InChI is InChI=1S/C19H21FN6.HI/c1-2-22-19(24-12-15-3-5-17(20)6-4-15)25-13-16-7-8-23-18(11-16)26-10-9-21-14-26;/h3-11,14H,2,12-13H2,1H3,(H2,22,24,25);1H. The molecule has 0 saturated carbocycles. The van der Waals surface area contributed by atoms with Crippen molar-refractivity contribution in [3.63, 3.8) is 0 Å². The molecule has 0 spiro atoms. The number of rotatable bonds is 6. The number of aromatic nitrogens is 3. The summed E-state index contributed by atoms with van der Waals surface area (Å²) in [7, 11) is 0. The smallest absolute Gasteiger partial charge is 0.191 e. The molecule has 2 aromatic heterocycles. The monoisotopic (exact) mass is 480 g/mol. The number of benzene rings is 1. The second kappa shape index (κ2) is 10.6. The van der Waals surface area contributed by atoms with Crippen molar-refractivity contribution in [3.05, 3.63) is 78.3 Å². The highest BCUT2D eigenvalue weighted by molar-refractivity contribution is 14.0. The molecule has 1 aromatic carbocycles. The van der Waals surface area contributed by atoms with Crippen molar-refractivity contribution in [2.45, 2.75) is 20.0 Å². The van der Waals surface area contributed by atoms with E-state index in [0.29, 0.717) is 19.0 Å². The molecule has 0 fully saturated rings. The van der Waals surface area contributed by atoms with E-state index >= 15 is 0 Å². The number of hydrogen-bond donors (Lipinski definition) is 2. The molecular formula is C19H22FIN6. The first kappa shape index (κ1) is 20.8. The van der Waals surface area contributed by atoms with Gasteiger partial charge in [-0.05, 0) is 42.3 Å². The minimum atomic E-state index is -0.235. The van der Waals surface area contributed by atoms with E-state index in [9.17, 15) is 4.39 Å². The highest BCUT2D eigenvalue weighted by Crippen LogP contribution is 2.08. The van der Waals surface area contributed by atoms with Crippen LogP contribution in [-0.4, -0.2) is 27.0 Å². The first-order chi connectivity index (χ1) is 12.7. The maximum Gasteiger partial charge on any atom is 0.191 e. The Morgan fingerprint density at radius 2 is 1.93 bits per heavy atom. The van der Waals surface area contributed by atoms with Crippen molar-refractivity contribution in [2.24, 2.45) is 4.99 Å². The quantitative estimate of drug-likeness (QED) is 0.323. The van der Waals surface area contributed by atoms with E-state index in [1.807, 2.05) is 29.8 Å². The molecule has 0 aliphatic carbocycles. The zero-order chi connectivity index (χ0) is 18.2. The zero-order valence-corrected chi connectivity index (χ0v) is 17.3. The predicted octanol–water partition coefficient (Wildman–Crippen LogP) is 3.28. The Balaban J connectivity index is 0.00000261. The summed E-state index contributed by atoms with van der Waals surface area (Å²) in [6.45, 7) is 3.86. The van der Waals surface area contributed by atoms with Gasteiger partial charge in [-0.3, -0.25) is 4.57 Å². The molecule has 8 heteroatoms. The Hall–Kier alpha value is -2.49. The second-order valence-corrected chi connectivity index (χ2v) is 5.67. The van der Waals surface area contributed by atoms with Crippen LogP contribution in [0.1, 0.15) is 18.1 Å². The van der Waals surface area contributed by atoms with Crippen LogP contribution in [0.3, 0.4) is 0 Å². The van der Waals surface area contributed by atoms with Crippen LogP contribution in [0.2, 0.25) is 0 Å². The number of pyridine rings is 1. The van der Waals surface area contributed by atoms with E-state index in [-0.39, 0.29) is 29.8 Å². The van der Waals surface area contributed by atoms with Crippen LogP contribution < -0.4 is 10.6 Å². The van der Waals surface area contributed by atoms with Gasteiger partial charge in [-0.2, -0.15) is 0 Å². The van der Waals surface area contributed by atoms with E-state index in [0.717, 1.165) is 23.5 Å². The Labute approximate surface area is 175 Å². The number of imidazole rings is 1. The van der Waals surface area contributed by atoms with Crippen molar-refractivity contribution in [1.29, 1.82) is 0 Å². The van der Waals surface area contributed by atoms with E-state index in [1.165, 1.54) is 12.1 Å². The van der Waals surface area contributed by atoms with Crippen molar-refractivity contribution >= 4 is 29.9 Å². The summed E-state index contributed by atoms with van der Waals surface area (Å²) >= 11 is 0. The summed E-state index contributed by atoms with van der Waals surface area (Å²) in [5.74, 6) is 1.28. The fourth-order valence-corrected chi connectivity index (χ4v) is 2.39. The molecule has 2 N–H and O–H groups in total. The van der Waals surface area contributed by atoms with Gasteiger partial charge in [0.1, 0.15) is 18.0 Å². The van der Waals surface area contributed by atoms with Crippen LogP contribution in [0.25, 0.3) is 5.82 Å². The van der Waals surface area contributed by atoms with Gasteiger partial charge in [-0.25, -0.2) is 19.4 Å². The third-order valence-corrected chi connectivity index (χ3v) is 3.72. The molecule has 0 unspecified atom stereocenters. The van der Waals surface area contributed by atoms with Gasteiger partial charge in [0.2, 0.25) is 0 Å². The van der Waals surface area contributed by atoms with Gasteiger partial charge in [-0.15, -0.1) is 24.0 Å². The summed E-state index contributed by atoms with van der Waals surface area (Å²) in [5.41, 5.74) is 2.03. The van der Waals surface area contributed by atoms with Gasteiger partial charge < -0.3 is 10.6 Å². The summed E-state index contributed by atoms with van der Waals surface area (Å²) in [5, 5.41) is 6.47. The minimum absolute atomic E-state index is 0. The van der Waals surface area contributed by atoms with Crippen molar-refractivity contribution in [1.82, 2.24) is 25.2 Å². The summed E-state index contributed by atoms with van der Waals surface area (Å²) < 4.78 is 14.8. The summed E-state index contributed by atoms with van der Waals surface area (Å²) in [4.78, 5) is 13.0. The van der Waals surface area contributed by atoms with Crippen molar-refractivity contribution in [2.75, 3.05) is 6.54 Å². The third-order valence-electron chi connectivity index (χ3n) is 3.72. The Morgan fingerprint density at radius 3 is 2.63 bits per heavy atom. The highest BCUT2D eigenvalue weighted by Gasteiger charge is 2.02. The number of guanidine groups is 1. The van der Waals surface area contributed by atoms with Gasteiger partial charge in [0.25, 0.3) is 0 Å². The fraction of sp³-hybridized carbons (Fsp3) is 0.211. The van der Waals surface area contributed by atoms with E-state index in [2.05, 4.69) is 25.6 Å². The van der Waals surface area contributed by atoms with Gasteiger partial charge in [0.15, 0.2) is 5.96 Å². The molecule has 0 bridgehead atoms. The number of aliphatic imine (C=N–C) groups is 1. The van der Waals surface area contributed by atoms with E-state index in [1.54, 1.807) is 30.9 Å². The van der Waals surface area contributed by atoms with Gasteiger partial charge >= 0.3 is 0 Å². The van der Waals surface area contributed by atoms with Gasteiger partial charge in [-0.1, -0.05) is 12.1 Å². The molecule has 27 heavy (non-hydrogen) atoms. The van der Waals surface area contributed by atoms with E-state index in [4.69, 9.17) is 0 Å². The maximum absolute atomic E-state index is 13.0. The molecule has 0 amide bonds. The molecule has 0 aliphatic rings. The highest BCUT2D eigenvalue weighted by atomic mass is 127. The first-order valence-corrected chi connectivity index (χ1v) is 8.44. The summed E-state index contributed by atoms with van der Waals surface area (Å²) in [6, 6.07) is 10.3. The lowest BCUT2D eigenvalue weighted by Gasteiger charge is -2.11. The SMILES string of the molecule is CCNC(=NCc1ccnc(-n2ccnc2)c1)NCc1ccc(F)cc1.I. The van der Waals surface area contributed by atoms with Crippen LogP contribution >= 0.6 is 24.0 Å². The molecule has 0 atom stereocenters. The summed E-state index contributed by atoms with van der Waals surface area (Å²) in [6.07, 6.45) is 7.04. The van der Waals surface area contributed by atoms with Crippen molar-refractivity contribution in [3.8, 4) is 5.82 Å². The Morgan fingerprint density at radius 1 is 1.11 bits per heavy atom. The van der Waals surface area contributed by atoms with Gasteiger partial charge in [0.05, 0.1) is 6.54 Å². The second-order valence-electron chi connectivity index (χ2n) is 5.67. The lowest BCUT2D eigenvalue weighted by atomic mass is 10.2. The molecule has 0 saturated heterocycles.